The molecule has 0 spiro atoms. The minimum atomic E-state index is -0.133. The average molecular weight is 446 g/mol. The van der Waals surface area contributed by atoms with Crippen molar-refractivity contribution >= 4 is 17.6 Å². The number of anilines is 1. The van der Waals surface area contributed by atoms with E-state index in [4.69, 9.17) is 4.42 Å². The van der Waals surface area contributed by atoms with Crippen LogP contribution in [0.4, 0.5) is 10.5 Å². The summed E-state index contributed by atoms with van der Waals surface area (Å²) in [4.78, 5) is 27.4. The van der Waals surface area contributed by atoms with Crippen LogP contribution in [0.1, 0.15) is 58.7 Å². The van der Waals surface area contributed by atoms with E-state index in [0.29, 0.717) is 18.7 Å². The predicted molar refractivity (Wildman–Crippen MR) is 129 cm³/mol. The van der Waals surface area contributed by atoms with E-state index >= 15 is 0 Å². The van der Waals surface area contributed by atoms with Crippen LogP contribution < -0.4 is 10.6 Å². The number of carbonyl (C=O) groups is 2. The van der Waals surface area contributed by atoms with E-state index in [-0.39, 0.29) is 17.9 Å². The Morgan fingerprint density at radius 1 is 1.09 bits per heavy atom. The highest BCUT2D eigenvalue weighted by atomic mass is 16.3. The summed E-state index contributed by atoms with van der Waals surface area (Å²) in [5.41, 5.74) is 3.76. The lowest BCUT2D eigenvalue weighted by Gasteiger charge is -2.33. The summed E-state index contributed by atoms with van der Waals surface area (Å²) in [6.07, 6.45) is 2.90. The summed E-state index contributed by atoms with van der Waals surface area (Å²) in [5.74, 6) is 1.62. The van der Waals surface area contributed by atoms with Crippen LogP contribution in [0.5, 0.6) is 0 Å². The van der Waals surface area contributed by atoms with Gasteiger partial charge in [0, 0.05) is 30.3 Å². The molecule has 1 fully saturated rings. The summed E-state index contributed by atoms with van der Waals surface area (Å²) in [7, 11) is 0. The molecule has 1 aliphatic rings. The number of nitrogens with zero attached hydrogens (tertiary/aromatic N) is 1. The first-order valence-electron chi connectivity index (χ1n) is 11.6. The lowest BCUT2D eigenvalue weighted by atomic mass is 9.89. The van der Waals surface area contributed by atoms with Crippen LogP contribution in [0.3, 0.4) is 0 Å². The molecule has 1 unspecified atom stereocenters. The number of urea groups is 1. The summed E-state index contributed by atoms with van der Waals surface area (Å²) in [5, 5.41) is 5.93. The Morgan fingerprint density at radius 2 is 1.91 bits per heavy atom. The van der Waals surface area contributed by atoms with Gasteiger partial charge in [-0.2, -0.15) is 0 Å². The molecule has 4 rings (SSSR count). The molecule has 2 heterocycles. The molecule has 0 saturated carbocycles. The van der Waals surface area contributed by atoms with E-state index in [1.54, 1.807) is 0 Å². The maximum atomic E-state index is 12.8. The number of amides is 3. The lowest BCUT2D eigenvalue weighted by Crippen LogP contribution is -2.41. The zero-order valence-electron chi connectivity index (χ0n) is 19.3. The first kappa shape index (κ1) is 22.6. The van der Waals surface area contributed by atoms with Crippen molar-refractivity contribution < 1.29 is 14.0 Å². The molecule has 3 amide bonds. The first-order valence-corrected chi connectivity index (χ1v) is 11.6. The van der Waals surface area contributed by atoms with Crippen LogP contribution >= 0.6 is 0 Å². The number of carbonyl (C=O) groups excluding carboxylic acids is 2. The van der Waals surface area contributed by atoms with Crippen molar-refractivity contribution in [2.75, 3.05) is 18.4 Å². The second kappa shape index (κ2) is 10.4. The lowest BCUT2D eigenvalue weighted by molar-refractivity contribution is 0.0947. The van der Waals surface area contributed by atoms with E-state index in [9.17, 15) is 9.59 Å². The monoisotopic (exact) mass is 445 g/mol. The number of furan rings is 1. The minimum Gasteiger partial charge on any atom is -0.465 e. The number of aryl methyl sites for hydroxylation is 2. The fraction of sp³-hybridized carbons (Fsp3) is 0.333. The Bertz CT molecular complexity index is 1100. The first-order chi connectivity index (χ1) is 16.0. The second-order valence-electron chi connectivity index (χ2n) is 8.59. The number of hydrogen-bond donors (Lipinski definition) is 2. The third-order valence-corrected chi connectivity index (χ3v) is 6.16. The van der Waals surface area contributed by atoms with E-state index < -0.39 is 0 Å². The number of benzene rings is 2. The van der Waals surface area contributed by atoms with Gasteiger partial charge in [-0.25, -0.2) is 4.79 Å². The van der Waals surface area contributed by atoms with E-state index in [2.05, 4.69) is 17.6 Å². The second-order valence-corrected chi connectivity index (χ2v) is 8.59. The highest BCUT2D eigenvalue weighted by Crippen LogP contribution is 2.28. The van der Waals surface area contributed by atoms with Gasteiger partial charge < -0.3 is 20.0 Å². The number of nitrogens with one attached hydrogen (secondary N) is 2. The van der Waals surface area contributed by atoms with Gasteiger partial charge >= 0.3 is 6.03 Å². The van der Waals surface area contributed by atoms with Gasteiger partial charge in [-0.15, -0.1) is 0 Å². The Kier molecular flexibility index (Phi) is 7.13. The third kappa shape index (κ3) is 5.83. The van der Waals surface area contributed by atoms with Crippen molar-refractivity contribution in [3.63, 3.8) is 0 Å². The third-order valence-electron chi connectivity index (χ3n) is 6.16. The maximum absolute atomic E-state index is 12.8. The molecule has 1 aromatic heterocycles. The van der Waals surface area contributed by atoms with Crippen molar-refractivity contribution in [1.29, 1.82) is 0 Å². The van der Waals surface area contributed by atoms with Crippen molar-refractivity contribution in [3.05, 3.63) is 88.9 Å². The van der Waals surface area contributed by atoms with Crippen LogP contribution in [0.2, 0.25) is 0 Å². The van der Waals surface area contributed by atoms with Crippen molar-refractivity contribution in [3.8, 4) is 0 Å². The molecule has 3 aromatic rings. The van der Waals surface area contributed by atoms with Crippen molar-refractivity contribution in [2.24, 2.45) is 0 Å². The van der Waals surface area contributed by atoms with Crippen molar-refractivity contribution in [1.82, 2.24) is 10.2 Å². The highest BCUT2D eigenvalue weighted by Gasteiger charge is 2.25. The summed E-state index contributed by atoms with van der Waals surface area (Å²) < 4.78 is 5.52. The van der Waals surface area contributed by atoms with Gasteiger partial charge in [0.05, 0.1) is 6.54 Å². The molecule has 1 atom stereocenters. The van der Waals surface area contributed by atoms with E-state index in [1.807, 2.05) is 72.5 Å². The number of piperidine rings is 1. The Labute approximate surface area is 195 Å². The van der Waals surface area contributed by atoms with E-state index in [1.165, 1.54) is 5.56 Å². The molecule has 0 aliphatic carbocycles. The highest BCUT2D eigenvalue weighted by molar-refractivity contribution is 5.94. The molecule has 172 valence electrons. The molecule has 0 radical (unpaired) electrons. The van der Waals surface area contributed by atoms with E-state index in [0.717, 1.165) is 48.6 Å². The number of likely N-dealkylation sites (tertiary alicyclic amines) is 1. The summed E-state index contributed by atoms with van der Waals surface area (Å²) in [6.45, 7) is 5.71. The van der Waals surface area contributed by atoms with Crippen LogP contribution in [0, 0.1) is 6.92 Å². The molecule has 33 heavy (non-hydrogen) atoms. The molecule has 6 nitrogen and oxygen atoms in total. The summed E-state index contributed by atoms with van der Waals surface area (Å²) in [6, 6.07) is 19.4. The smallest absolute Gasteiger partial charge is 0.321 e. The quantitative estimate of drug-likeness (QED) is 0.527. The van der Waals surface area contributed by atoms with Gasteiger partial charge in [0.15, 0.2) is 0 Å². The van der Waals surface area contributed by atoms with Gasteiger partial charge in [-0.3, -0.25) is 4.79 Å². The molecule has 1 aliphatic heterocycles. The number of rotatable bonds is 6. The Balaban J connectivity index is 1.37. The maximum Gasteiger partial charge on any atom is 0.321 e. The fourth-order valence-corrected chi connectivity index (χ4v) is 4.24. The van der Waals surface area contributed by atoms with Gasteiger partial charge in [0.1, 0.15) is 11.5 Å². The standard InChI is InChI=1S/C27H31N3O3/c1-3-20-10-12-24(13-11-20)29-27(32)30-15-5-8-23(18-30)21-6-4-7-22(16-21)26(31)28-17-25-14-9-19(2)33-25/h4,6-7,9-14,16,23H,3,5,8,15,17-18H2,1-2H3,(H,28,31)(H,29,32). The number of hydrogen-bond acceptors (Lipinski definition) is 3. The normalized spacial score (nSPS) is 15.8. The molecular formula is C27H31N3O3. The predicted octanol–water partition coefficient (Wildman–Crippen LogP) is 5.49. The Hall–Kier alpha value is -3.54. The zero-order valence-corrected chi connectivity index (χ0v) is 19.3. The molecule has 2 N–H and O–H groups in total. The topological polar surface area (TPSA) is 74.6 Å². The van der Waals surface area contributed by atoms with Gasteiger partial charge in [-0.1, -0.05) is 31.2 Å². The van der Waals surface area contributed by atoms with Gasteiger partial charge in [0.2, 0.25) is 0 Å². The SMILES string of the molecule is CCc1ccc(NC(=O)N2CCCC(c3cccc(C(=O)NCc4ccc(C)o4)c3)C2)cc1. The molecular weight excluding hydrogens is 414 g/mol. The van der Waals surface area contributed by atoms with Crippen LogP contribution in [-0.2, 0) is 13.0 Å². The summed E-state index contributed by atoms with van der Waals surface area (Å²) >= 11 is 0. The average Bonchev–Trinajstić information content (AvgIpc) is 3.28. The van der Waals surface area contributed by atoms with Crippen molar-refractivity contribution in [2.45, 2.75) is 45.6 Å². The minimum absolute atomic E-state index is 0.0772. The molecule has 1 saturated heterocycles. The largest absolute Gasteiger partial charge is 0.465 e. The van der Waals surface area contributed by atoms with Crippen LogP contribution in [-0.4, -0.2) is 29.9 Å². The van der Waals surface area contributed by atoms with Crippen LogP contribution in [0.25, 0.3) is 0 Å². The Morgan fingerprint density at radius 3 is 2.64 bits per heavy atom. The van der Waals surface area contributed by atoms with Crippen LogP contribution in [0.15, 0.2) is 65.1 Å². The van der Waals surface area contributed by atoms with Gasteiger partial charge in [0.25, 0.3) is 5.91 Å². The zero-order chi connectivity index (χ0) is 23.2. The van der Waals surface area contributed by atoms with Gasteiger partial charge in [-0.05, 0) is 73.7 Å². The molecule has 2 aromatic carbocycles. The fourth-order valence-electron chi connectivity index (χ4n) is 4.24. The molecule has 0 bridgehead atoms. The molecule has 6 heteroatoms.